The van der Waals surface area contributed by atoms with Crippen LogP contribution >= 0.6 is 0 Å². The monoisotopic (exact) mass is 313 g/mol. The molecule has 1 amide bonds. The molecule has 0 bridgehead atoms. The maximum absolute atomic E-state index is 12.5. The molecule has 122 valence electrons. The molecule has 0 aliphatic carbocycles. The minimum Gasteiger partial charge on any atom is -0.393 e. The van der Waals surface area contributed by atoms with Crippen LogP contribution in [0.5, 0.6) is 0 Å². The second-order valence-electron chi connectivity index (χ2n) is 6.28. The van der Waals surface area contributed by atoms with Crippen LogP contribution in [0.1, 0.15) is 25.3 Å². The van der Waals surface area contributed by atoms with E-state index in [4.69, 9.17) is 0 Å². The summed E-state index contributed by atoms with van der Waals surface area (Å²) in [5.74, 6) is 0.345. The lowest BCUT2D eigenvalue weighted by Crippen LogP contribution is -2.43. The van der Waals surface area contributed by atoms with Gasteiger partial charge in [0.2, 0.25) is 5.91 Å². The fourth-order valence-electron chi connectivity index (χ4n) is 3.10. The second kappa shape index (κ2) is 6.96. The van der Waals surface area contributed by atoms with E-state index in [0.29, 0.717) is 13.0 Å². The molecule has 0 saturated carbocycles. The fourth-order valence-corrected chi connectivity index (χ4v) is 3.10. The summed E-state index contributed by atoms with van der Waals surface area (Å²) >= 11 is 0. The van der Waals surface area contributed by atoms with Gasteiger partial charge in [0.1, 0.15) is 0 Å². The highest BCUT2D eigenvalue weighted by Crippen LogP contribution is 2.20. The molecule has 2 aromatic rings. The Hall–Kier alpha value is -2.14. The summed E-state index contributed by atoms with van der Waals surface area (Å²) in [7, 11) is 0. The molecule has 23 heavy (non-hydrogen) atoms. The lowest BCUT2D eigenvalue weighted by Gasteiger charge is -2.34. The van der Waals surface area contributed by atoms with E-state index < -0.39 is 0 Å². The molecule has 0 spiro atoms. The number of hydrogen-bond acceptors (Lipinski definition) is 3. The van der Waals surface area contributed by atoms with Gasteiger partial charge in [0.05, 0.1) is 18.2 Å². The predicted octanol–water partition coefficient (Wildman–Crippen LogP) is 2.03. The number of aliphatic hydroxyl groups is 1. The number of aromatic nitrogens is 2. The van der Waals surface area contributed by atoms with Crippen molar-refractivity contribution in [3.8, 4) is 5.69 Å². The van der Waals surface area contributed by atoms with Gasteiger partial charge < -0.3 is 10.0 Å². The molecule has 1 aliphatic heterocycles. The van der Waals surface area contributed by atoms with Crippen LogP contribution in [0.4, 0.5) is 0 Å². The Balaban J connectivity index is 1.61. The van der Waals surface area contributed by atoms with E-state index in [2.05, 4.69) is 5.10 Å². The number of piperidine rings is 1. The third-order valence-electron chi connectivity index (χ3n) is 4.55. The smallest absolute Gasteiger partial charge is 0.227 e. The van der Waals surface area contributed by atoms with Crippen molar-refractivity contribution >= 4 is 5.91 Å². The average Bonchev–Trinajstić information content (AvgIpc) is 3.10. The van der Waals surface area contributed by atoms with Crippen LogP contribution in [-0.2, 0) is 11.2 Å². The first-order valence-electron chi connectivity index (χ1n) is 8.18. The molecule has 1 aromatic carbocycles. The molecule has 5 nitrogen and oxygen atoms in total. The van der Waals surface area contributed by atoms with Gasteiger partial charge in [0.25, 0.3) is 0 Å². The predicted molar refractivity (Wildman–Crippen MR) is 88.3 cm³/mol. The van der Waals surface area contributed by atoms with E-state index >= 15 is 0 Å². The number of likely N-dealkylation sites (tertiary alicyclic amines) is 1. The van der Waals surface area contributed by atoms with Gasteiger partial charge in [-0.25, -0.2) is 4.68 Å². The standard InChI is InChI=1S/C18H23N3O2/c1-14(22)16-4-2-10-20(13-16)18(23)12-15-5-7-17(8-6-15)21-11-3-9-19-21/h3,5-9,11,14,16,22H,2,4,10,12-13H2,1H3. The molecule has 1 N–H and O–H groups in total. The Bertz CT molecular complexity index is 635. The third kappa shape index (κ3) is 3.79. The summed E-state index contributed by atoms with van der Waals surface area (Å²) in [5.41, 5.74) is 1.99. The van der Waals surface area contributed by atoms with Gasteiger partial charge in [-0.05, 0) is 43.5 Å². The summed E-state index contributed by atoms with van der Waals surface area (Å²) in [5, 5.41) is 13.9. The highest BCUT2D eigenvalue weighted by atomic mass is 16.3. The third-order valence-corrected chi connectivity index (χ3v) is 4.55. The molecule has 5 heteroatoms. The van der Waals surface area contributed by atoms with Crippen LogP contribution in [0.3, 0.4) is 0 Å². The summed E-state index contributed by atoms with van der Waals surface area (Å²) in [4.78, 5) is 14.4. The minimum absolute atomic E-state index is 0.141. The topological polar surface area (TPSA) is 58.4 Å². The molecular formula is C18H23N3O2. The summed E-state index contributed by atoms with van der Waals surface area (Å²) in [6.07, 6.45) is 5.67. The van der Waals surface area contributed by atoms with E-state index in [9.17, 15) is 9.90 Å². The van der Waals surface area contributed by atoms with Gasteiger partial charge in [0, 0.05) is 31.4 Å². The normalized spacial score (nSPS) is 19.6. The summed E-state index contributed by atoms with van der Waals surface area (Å²) < 4.78 is 1.80. The minimum atomic E-state index is -0.348. The van der Waals surface area contributed by atoms with E-state index in [-0.39, 0.29) is 17.9 Å². The van der Waals surface area contributed by atoms with E-state index in [0.717, 1.165) is 30.6 Å². The molecule has 2 heterocycles. The summed E-state index contributed by atoms with van der Waals surface area (Å²) in [6.45, 7) is 3.28. The second-order valence-corrected chi connectivity index (χ2v) is 6.28. The average molecular weight is 313 g/mol. The molecule has 1 saturated heterocycles. The number of benzene rings is 1. The summed E-state index contributed by atoms with van der Waals surface area (Å²) in [6, 6.07) is 9.79. The molecule has 1 aromatic heterocycles. The van der Waals surface area contributed by atoms with Gasteiger partial charge in [-0.15, -0.1) is 0 Å². The Morgan fingerprint density at radius 2 is 2.17 bits per heavy atom. The lowest BCUT2D eigenvalue weighted by molar-refractivity contribution is -0.133. The lowest BCUT2D eigenvalue weighted by atomic mass is 9.93. The van der Waals surface area contributed by atoms with Gasteiger partial charge in [0.15, 0.2) is 0 Å². The van der Waals surface area contributed by atoms with Crippen molar-refractivity contribution in [1.29, 1.82) is 0 Å². The molecule has 1 aliphatic rings. The van der Waals surface area contributed by atoms with Crippen LogP contribution in [0, 0.1) is 5.92 Å². The Kier molecular flexibility index (Phi) is 4.76. The molecule has 0 radical (unpaired) electrons. The number of amides is 1. The van der Waals surface area contributed by atoms with Gasteiger partial charge >= 0.3 is 0 Å². The fraction of sp³-hybridized carbons (Fsp3) is 0.444. The zero-order chi connectivity index (χ0) is 16.2. The van der Waals surface area contributed by atoms with Crippen molar-refractivity contribution < 1.29 is 9.90 Å². The molecule has 2 atom stereocenters. The molecule has 2 unspecified atom stereocenters. The number of hydrogen-bond donors (Lipinski definition) is 1. The van der Waals surface area contributed by atoms with Crippen LogP contribution in [0.2, 0.25) is 0 Å². The molecule has 3 rings (SSSR count). The first-order chi connectivity index (χ1) is 11.1. The highest BCUT2D eigenvalue weighted by molar-refractivity contribution is 5.79. The van der Waals surface area contributed by atoms with Crippen LogP contribution in [0.15, 0.2) is 42.7 Å². The maximum Gasteiger partial charge on any atom is 0.227 e. The van der Waals surface area contributed by atoms with Crippen molar-refractivity contribution in [2.45, 2.75) is 32.3 Å². The number of carbonyl (C=O) groups excluding carboxylic acids is 1. The molecular weight excluding hydrogens is 290 g/mol. The van der Waals surface area contributed by atoms with Crippen molar-refractivity contribution in [1.82, 2.24) is 14.7 Å². The largest absolute Gasteiger partial charge is 0.393 e. The van der Waals surface area contributed by atoms with E-state index in [1.807, 2.05) is 48.4 Å². The van der Waals surface area contributed by atoms with Gasteiger partial charge in [-0.3, -0.25) is 4.79 Å². The zero-order valence-corrected chi connectivity index (χ0v) is 13.4. The first-order valence-corrected chi connectivity index (χ1v) is 8.18. The van der Waals surface area contributed by atoms with Crippen molar-refractivity contribution in [3.05, 3.63) is 48.3 Å². The van der Waals surface area contributed by atoms with Gasteiger partial charge in [-0.2, -0.15) is 5.10 Å². The van der Waals surface area contributed by atoms with Crippen molar-refractivity contribution in [2.75, 3.05) is 13.1 Å². The van der Waals surface area contributed by atoms with E-state index in [1.165, 1.54) is 0 Å². The van der Waals surface area contributed by atoms with Crippen molar-refractivity contribution in [3.63, 3.8) is 0 Å². The van der Waals surface area contributed by atoms with Crippen LogP contribution < -0.4 is 0 Å². The quantitative estimate of drug-likeness (QED) is 0.939. The Morgan fingerprint density at radius 1 is 1.39 bits per heavy atom. The number of rotatable bonds is 4. The maximum atomic E-state index is 12.5. The van der Waals surface area contributed by atoms with Crippen LogP contribution in [-0.4, -0.2) is 44.9 Å². The number of carbonyl (C=O) groups is 1. The highest BCUT2D eigenvalue weighted by Gasteiger charge is 2.26. The van der Waals surface area contributed by atoms with Crippen molar-refractivity contribution in [2.24, 2.45) is 5.92 Å². The zero-order valence-electron chi connectivity index (χ0n) is 13.4. The van der Waals surface area contributed by atoms with Crippen LogP contribution in [0.25, 0.3) is 5.69 Å². The van der Waals surface area contributed by atoms with Gasteiger partial charge in [-0.1, -0.05) is 12.1 Å². The Morgan fingerprint density at radius 3 is 2.83 bits per heavy atom. The number of nitrogens with zero attached hydrogens (tertiary/aromatic N) is 3. The SMILES string of the molecule is CC(O)C1CCCN(C(=O)Cc2ccc(-n3cccn3)cc2)C1. The van der Waals surface area contributed by atoms with E-state index in [1.54, 1.807) is 10.9 Å². The Labute approximate surface area is 136 Å². The molecule has 1 fully saturated rings. The first kappa shape index (κ1) is 15.7. The number of aliphatic hydroxyl groups excluding tert-OH is 1.